The van der Waals surface area contributed by atoms with Crippen LogP contribution >= 0.6 is 11.3 Å². The van der Waals surface area contributed by atoms with Crippen molar-refractivity contribution >= 4 is 45.1 Å². The monoisotopic (exact) mass is 414 g/mol. The van der Waals surface area contributed by atoms with E-state index in [2.05, 4.69) is 20.6 Å². The van der Waals surface area contributed by atoms with Gasteiger partial charge in [0.1, 0.15) is 28.6 Å². The molecule has 0 unspecified atom stereocenters. The molecule has 0 spiro atoms. The minimum atomic E-state index is -1.13. The number of nitrogens with one attached hydrogen (secondary N) is 2. The summed E-state index contributed by atoms with van der Waals surface area (Å²) in [5.41, 5.74) is 0.879. The molecular formula is C20H22N4O4S. The van der Waals surface area contributed by atoms with Crippen molar-refractivity contribution < 1.29 is 19.4 Å². The Hall–Kier alpha value is -3.20. The molecule has 0 fully saturated rings. The SMILES string of the molecule is CC(C)(C)OC(=O)N[C@@H](Cc1ccc(Nc2ncnc3sccc23)cc1)C(=O)O. The number of benzene rings is 1. The second-order valence-electron chi connectivity index (χ2n) is 7.42. The average Bonchev–Trinajstić information content (AvgIpc) is 3.11. The van der Waals surface area contributed by atoms with Gasteiger partial charge < -0.3 is 20.5 Å². The first kappa shape index (κ1) is 20.5. The summed E-state index contributed by atoms with van der Waals surface area (Å²) in [5.74, 6) is -0.419. The molecular weight excluding hydrogens is 392 g/mol. The Morgan fingerprint density at radius 2 is 1.90 bits per heavy atom. The molecule has 0 aliphatic heterocycles. The Balaban J connectivity index is 1.66. The molecule has 2 aromatic heterocycles. The predicted octanol–water partition coefficient (Wildman–Crippen LogP) is 3.96. The summed E-state index contributed by atoms with van der Waals surface area (Å²) in [6.07, 6.45) is 0.888. The van der Waals surface area contributed by atoms with E-state index in [1.54, 1.807) is 44.2 Å². The number of nitrogens with zero attached hydrogens (tertiary/aromatic N) is 2. The highest BCUT2D eigenvalue weighted by atomic mass is 32.1. The first-order chi connectivity index (χ1) is 13.7. The number of carbonyl (C=O) groups excluding carboxylic acids is 1. The molecule has 0 saturated carbocycles. The smallest absolute Gasteiger partial charge is 0.408 e. The van der Waals surface area contributed by atoms with Gasteiger partial charge in [-0.25, -0.2) is 19.6 Å². The van der Waals surface area contributed by atoms with E-state index in [1.165, 1.54) is 6.33 Å². The number of amides is 1. The number of carboxylic acids is 1. The number of carboxylic acid groups (broad SMARTS) is 1. The highest BCUT2D eigenvalue weighted by Gasteiger charge is 2.24. The highest BCUT2D eigenvalue weighted by Crippen LogP contribution is 2.26. The van der Waals surface area contributed by atoms with Crippen molar-refractivity contribution in [2.75, 3.05) is 5.32 Å². The van der Waals surface area contributed by atoms with E-state index in [-0.39, 0.29) is 6.42 Å². The van der Waals surface area contributed by atoms with Crippen molar-refractivity contribution in [1.82, 2.24) is 15.3 Å². The molecule has 2 heterocycles. The average molecular weight is 414 g/mol. The van der Waals surface area contributed by atoms with Crippen LogP contribution in [0.1, 0.15) is 26.3 Å². The van der Waals surface area contributed by atoms with E-state index >= 15 is 0 Å². The second kappa shape index (κ2) is 8.44. The second-order valence-corrected chi connectivity index (χ2v) is 8.32. The summed E-state index contributed by atoms with van der Waals surface area (Å²) in [6.45, 7) is 5.15. The fourth-order valence-electron chi connectivity index (χ4n) is 2.64. The normalized spacial score (nSPS) is 12.4. The van der Waals surface area contributed by atoms with Gasteiger partial charge in [-0.05, 0) is 49.9 Å². The summed E-state index contributed by atoms with van der Waals surface area (Å²) in [4.78, 5) is 32.8. The van der Waals surface area contributed by atoms with E-state index in [4.69, 9.17) is 4.74 Å². The lowest BCUT2D eigenvalue weighted by molar-refractivity contribution is -0.139. The van der Waals surface area contributed by atoms with Gasteiger partial charge in [0.05, 0.1) is 5.39 Å². The van der Waals surface area contributed by atoms with Crippen molar-refractivity contribution in [1.29, 1.82) is 0 Å². The van der Waals surface area contributed by atoms with Crippen molar-refractivity contribution in [3.05, 3.63) is 47.6 Å². The Kier molecular flexibility index (Phi) is 5.97. The molecule has 0 aliphatic rings. The van der Waals surface area contributed by atoms with Crippen LogP contribution in [0.15, 0.2) is 42.0 Å². The number of ether oxygens (including phenoxy) is 1. The minimum absolute atomic E-state index is 0.136. The molecule has 0 saturated heterocycles. The quantitative estimate of drug-likeness (QED) is 0.559. The van der Waals surface area contributed by atoms with Gasteiger partial charge in [0, 0.05) is 12.1 Å². The molecule has 0 bridgehead atoms. The Labute approximate surface area is 171 Å². The Bertz CT molecular complexity index is 1010. The van der Waals surface area contributed by atoms with Gasteiger partial charge in [-0.15, -0.1) is 11.3 Å². The van der Waals surface area contributed by atoms with E-state index in [0.717, 1.165) is 21.5 Å². The molecule has 1 amide bonds. The van der Waals surface area contributed by atoms with Crippen LogP contribution in [-0.4, -0.2) is 38.8 Å². The Morgan fingerprint density at radius 1 is 1.17 bits per heavy atom. The van der Waals surface area contributed by atoms with Crippen LogP contribution in [0.2, 0.25) is 0 Å². The lowest BCUT2D eigenvalue weighted by Gasteiger charge is -2.22. The zero-order chi connectivity index (χ0) is 21.0. The number of carbonyl (C=O) groups is 2. The maximum Gasteiger partial charge on any atom is 0.408 e. The van der Waals surface area contributed by atoms with E-state index in [1.807, 2.05) is 23.6 Å². The number of hydrogen-bond acceptors (Lipinski definition) is 7. The minimum Gasteiger partial charge on any atom is -0.480 e. The maximum atomic E-state index is 11.9. The van der Waals surface area contributed by atoms with E-state index < -0.39 is 23.7 Å². The summed E-state index contributed by atoms with van der Waals surface area (Å²) < 4.78 is 5.14. The number of thiophene rings is 1. The molecule has 3 N–H and O–H groups in total. The number of anilines is 2. The molecule has 9 heteroatoms. The first-order valence-corrected chi connectivity index (χ1v) is 9.86. The molecule has 29 heavy (non-hydrogen) atoms. The van der Waals surface area contributed by atoms with Gasteiger partial charge in [-0.3, -0.25) is 0 Å². The van der Waals surface area contributed by atoms with Crippen molar-refractivity contribution in [2.24, 2.45) is 0 Å². The van der Waals surface area contributed by atoms with Gasteiger partial charge in [-0.2, -0.15) is 0 Å². The summed E-state index contributed by atoms with van der Waals surface area (Å²) in [6, 6.07) is 8.15. The molecule has 0 aliphatic carbocycles. The van der Waals surface area contributed by atoms with Crippen LogP contribution in [-0.2, 0) is 16.0 Å². The zero-order valence-electron chi connectivity index (χ0n) is 16.3. The van der Waals surface area contributed by atoms with Crippen molar-refractivity contribution in [2.45, 2.75) is 38.8 Å². The number of alkyl carbamates (subject to hydrolysis) is 1. The van der Waals surface area contributed by atoms with Crippen molar-refractivity contribution in [3.63, 3.8) is 0 Å². The van der Waals surface area contributed by atoms with Crippen molar-refractivity contribution in [3.8, 4) is 0 Å². The lowest BCUT2D eigenvalue weighted by atomic mass is 10.1. The van der Waals surface area contributed by atoms with Gasteiger partial charge in [0.25, 0.3) is 0 Å². The topological polar surface area (TPSA) is 113 Å². The van der Waals surface area contributed by atoms with Crippen LogP contribution in [0.5, 0.6) is 0 Å². The van der Waals surface area contributed by atoms with Crippen LogP contribution < -0.4 is 10.6 Å². The molecule has 3 aromatic rings. The van der Waals surface area contributed by atoms with E-state index in [0.29, 0.717) is 5.82 Å². The third kappa shape index (κ3) is 5.64. The van der Waals surface area contributed by atoms with Crippen LogP contribution in [0.4, 0.5) is 16.3 Å². The number of hydrogen-bond donors (Lipinski definition) is 3. The van der Waals surface area contributed by atoms with Gasteiger partial charge in [-0.1, -0.05) is 12.1 Å². The zero-order valence-corrected chi connectivity index (χ0v) is 17.1. The fraction of sp³-hybridized carbons (Fsp3) is 0.300. The number of rotatable bonds is 6. The number of fused-ring (bicyclic) bond motifs is 1. The molecule has 0 radical (unpaired) electrons. The highest BCUT2D eigenvalue weighted by molar-refractivity contribution is 7.16. The standard InChI is InChI=1S/C20H22N4O4S/c1-20(2,3)28-19(27)24-15(18(25)26)10-12-4-6-13(7-5-12)23-16-14-8-9-29-17(14)22-11-21-16/h4-9,11,15H,10H2,1-3H3,(H,24,27)(H,25,26)(H,21,22,23)/t15-/m0/s1. The molecule has 1 aromatic carbocycles. The number of aromatic nitrogens is 2. The molecule has 1 atom stereocenters. The van der Waals surface area contributed by atoms with Gasteiger partial charge in [0.2, 0.25) is 0 Å². The first-order valence-electron chi connectivity index (χ1n) is 8.98. The molecule has 152 valence electrons. The van der Waals surface area contributed by atoms with Crippen LogP contribution in [0.3, 0.4) is 0 Å². The summed E-state index contributed by atoms with van der Waals surface area (Å²) >= 11 is 1.54. The summed E-state index contributed by atoms with van der Waals surface area (Å²) in [7, 11) is 0. The fourth-order valence-corrected chi connectivity index (χ4v) is 3.37. The lowest BCUT2D eigenvalue weighted by Crippen LogP contribution is -2.44. The third-order valence-corrected chi connectivity index (χ3v) is 4.73. The summed E-state index contributed by atoms with van der Waals surface area (Å²) in [5, 5.41) is 18.0. The molecule has 8 nitrogen and oxygen atoms in total. The van der Waals surface area contributed by atoms with Crippen LogP contribution in [0.25, 0.3) is 10.2 Å². The third-order valence-electron chi connectivity index (χ3n) is 3.91. The predicted molar refractivity (Wildman–Crippen MR) is 112 cm³/mol. The molecule has 3 rings (SSSR count). The number of aliphatic carboxylic acids is 1. The van der Waals surface area contributed by atoms with Crippen LogP contribution in [0, 0.1) is 0 Å². The largest absolute Gasteiger partial charge is 0.480 e. The van der Waals surface area contributed by atoms with E-state index in [9.17, 15) is 14.7 Å². The van der Waals surface area contributed by atoms with Gasteiger partial charge in [0.15, 0.2) is 0 Å². The van der Waals surface area contributed by atoms with Gasteiger partial charge >= 0.3 is 12.1 Å². The Morgan fingerprint density at radius 3 is 2.55 bits per heavy atom. The maximum absolute atomic E-state index is 11.9.